The van der Waals surface area contributed by atoms with Gasteiger partial charge in [0.05, 0.1) is 12.7 Å². The number of carbonyl (C=O) groups is 1. The Morgan fingerprint density at radius 3 is 2.55 bits per heavy atom. The van der Waals surface area contributed by atoms with E-state index < -0.39 is 11.9 Å². The van der Waals surface area contributed by atoms with Crippen LogP contribution in [0.25, 0.3) is 0 Å². The summed E-state index contributed by atoms with van der Waals surface area (Å²) in [6, 6.07) is 10.9. The summed E-state index contributed by atoms with van der Waals surface area (Å²) < 4.78 is 10.9. The summed E-state index contributed by atoms with van der Waals surface area (Å²) in [6.07, 6.45) is 0.427. The van der Waals surface area contributed by atoms with E-state index in [1.165, 1.54) is 12.1 Å². The summed E-state index contributed by atoms with van der Waals surface area (Å²) in [6.45, 7) is 4.29. The van der Waals surface area contributed by atoms with Crippen molar-refractivity contribution in [1.29, 1.82) is 5.26 Å². The van der Waals surface area contributed by atoms with Crippen LogP contribution in [0.5, 0.6) is 5.75 Å². The van der Waals surface area contributed by atoms with E-state index in [2.05, 4.69) is 6.07 Å². The molecule has 1 aromatic heterocycles. The smallest absolute Gasteiger partial charge is 0.371 e. The molecule has 0 amide bonds. The zero-order valence-corrected chi connectivity index (χ0v) is 12.5. The average Bonchev–Trinajstić information content (AvgIpc) is 2.96. The van der Waals surface area contributed by atoms with Crippen LogP contribution >= 0.6 is 0 Å². The number of aryl methyl sites for hydroxylation is 2. The highest BCUT2D eigenvalue weighted by atomic mass is 16.5. The predicted octanol–water partition coefficient (Wildman–Crippen LogP) is 3.67. The van der Waals surface area contributed by atoms with E-state index >= 15 is 0 Å². The number of ether oxygens (including phenoxy) is 1. The van der Waals surface area contributed by atoms with Crippen LogP contribution in [0.15, 0.2) is 34.7 Å². The first-order valence-electron chi connectivity index (χ1n) is 6.94. The van der Waals surface area contributed by atoms with Crippen LogP contribution in [0.1, 0.15) is 39.8 Å². The molecule has 1 atom stereocenters. The Bertz CT molecular complexity index is 691. The van der Waals surface area contributed by atoms with Gasteiger partial charge in [-0.1, -0.05) is 18.2 Å². The standard InChI is InChI=1S/C17H17NO4/c1-11-4-3-5-12(2)16(11)21-9-8-13(10-18)14-6-7-15(22-14)17(19)20/h3-7,13H,8-9H2,1-2H3,(H,19,20). The van der Waals surface area contributed by atoms with Gasteiger partial charge in [0.15, 0.2) is 0 Å². The summed E-state index contributed by atoms with van der Waals surface area (Å²) >= 11 is 0. The molecule has 1 unspecified atom stereocenters. The maximum atomic E-state index is 10.8. The number of para-hydroxylation sites is 1. The van der Waals surface area contributed by atoms with Gasteiger partial charge < -0.3 is 14.3 Å². The fourth-order valence-corrected chi connectivity index (χ4v) is 2.23. The number of nitriles is 1. The molecule has 0 saturated carbocycles. The lowest BCUT2D eigenvalue weighted by molar-refractivity contribution is 0.0660. The van der Waals surface area contributed by atoms with Crippen LogP contribution in [0.4, 0.5) is 0 Å². The fraction of sp³-hybridized carbons (Fsp3) is 0.294. The molecule has 0 aliphatic carbocycles. The molecule has 2 aromatic rings. The molecule has 22 heavy (non-hydrogen) atoms. The Morgan fingerprint density at radius 1 is 1.32 bits per heavy atom. The van der Waals surface area contributed by atoms with E-state index in [0.717, 1.165) is 16.9 Å². The minimum atomic E-state index is -1.14. The van der Waals surface area contributed by atoms with Gasteiger partial charge >= 0.3 is 5.97 Å². The number of benzene rings is 1. The SMILES string of the molecule is Cc1cccc(C)c1OCCC(C#N)c1ccc(C(=O)O)o1. The summed E-state index contributed by atoms with van der Waals surface area (Å²) in [7, 11) is 0. The van der Waals surface area contributed by atoms with Crippen molar-refractivity contribution in [1.82, 2.24) is 0 Å². The molecule has 0 fully saturated rings. The maximum absolute atomic E-state index is 10.8. The second-order valence-electron chi connectivity index (χ2n) is 5.05. The number of hydrogen-bond acceptors (Lipinski definition) is 4. The van der Waals surface area contributed by atoms with Crippen molar-refractivity contribution in [3.8, 4) is 11.8 Å². The molecule has 0 spiro atoms. The van der Waals surface area contributed by atoms with E-state index in [4.69, 9.17) is 14.3 Å². The summed E-state index contributed by atoms with van der Waals surface area (Å²) in [5, 5.41) is 18.1. The van der Waals surface area contributed by atoms with Crippen LogP contribution in [0.2, 0.25) is 0 Å². The Balaban J connectivity index is 2.00. The Morgan fingerprint density at radius 2 is 2.00 bits per heavy atom. The van der Waals surface area contributed by atoms with Crippen molar-refractivity contribution in [2.24, 2.45) is 0 Å². The molecular weight excluding hydrogens is 282 g/mol. The largest absolute Gasteiger partial charge is 0.493 e. The summed E-state index contributed by atoms with van der Waals surface area (Å²) in [4.78, 5) is 10.8. The number of hydrogen-bond donors (Lipinski definition) is 1. The molecule has 0 saturated heterocycles. The second kappa shape index (κ2) is 6.81. The first kappa shape index (κ1) is 15.6. The van der Waals surface area contributed by atoms with Gasteiger partial charge in [-0.25, -0.2) is 4.79 Å². The third-order valence-electron chi connectivity index (χ3n) is 3.40. The van der Waals surface area contributed by atoms with Crippen molar-refractivity contribution >= 4 is 5.97 Å². The van der Waals surface area contributed by atoms with Crippen LogP contribution in [0, 0.1) is 25.2 Å². The molecule has 0 aliphatic heterocycles. The lowest BCUT2D eigenvalue weighted by Gasteiger charge is -2.13. The van der Waals surface area contributed by atoms with Gasteiger partial charge in [-0.2, -0.15) is 5.26 Å². The van der Waals surface area contributed by atoms with Gasteiger partial charge in [0.2, 0.25) is 5.76 Å². The van der Waals surface area contributed by atoms with Gasteiger partial charge in [0.25, 0.3) is 0 Å². The number of nitrogens with zero attached hydrogens (tertiary/aromatic N) is 1. The van der Waals surface area contributed by atoms with E-state index in [0.29, 0.717) is 18.8 Å². The molecule has 0 bridgehead atoms. The van der Waals surface area contributed by atoms with Gasteiger partial charge in [-0.15, -0.1) is 0 Å². The molecule has 1 N–H and O–H groups in total. The van der Waals surface area contributed by atoms with Gasteiger partial charge in [-0.3, -0.25) is 0 Å². The molecule has 114 valence electrons. The van der Waals surface area contributed by atoms with Crippen molar-refractivity contribution in [3.05, 3.63) is 53.0 Å². The number of furan rings is 1. The van der Waals surface area contributed by atoms with Crippen LogP contribution in [-0.2, 0) is 0 Å². The van der Waals surface area contributed by atoms with Gasteiger partial charge in [0.1, 0.15) is 17.4 Å². The molecule has 0 aliphatic rings. The highest BCUT2D eigenvalue weighted by Crippen LogP contribution is 2.25. The number of rotatable bonds is 6. The molecule has 1 aromatic carbocycles. The fourth-order valence-electron chi connectivity index (χ4n) is 2.23. The van der Waals surface area contributed by atoms with E-state index in [1.807, 2.05) is 32.0 Å². The highest BCUT2D eigenvalue weighted by Gasteiger charge is 2.18. The summed E-state index contributed by atoms with van der Waals surface area (Å²) in [5.41, 5.74) is 2.08. The van der Waals surface area contributed by atoms with Crippen LogP contribution in [0.3, 0.4) is 0 Å². The zero-order chi connectivity index (χ0) is 16.1. The molecule has 1 heterocycles. The Kier molecular flexibility index (Phi) is 4.84. The van der Waals surface area contributed by atoms with E-state index in [9.17, 15) is 10.1 Å². The van der Waals surface area contributed by atoms with E-state index in [-0.39, 0.29) is 5.76 Å². The Labute approximate surface area is 128 Å². The van der Waals surface area contributed by atoms with Crippen LogP contribution in [-0.4, -0.2) is 17.7 Å². The monoisotopic (exact) mass is 299 g/mol. The van der Waals surface area contributed by atoms with Crippen molar-refractivity contribution in [3.63, 3.8) is 0 Å². The third kappa shape index (κ3) is 3.47. The topological polar surface area (TPSA) is 83.5 Å². The van der Waals surface area contributed by atoms with Crippen molar-refractivity contribution in [2.45, 2.75) is 26.2 Å². The first-order valence-corrected chi connectivity index (χ1v) is 6.94. The van der Waals surface area contributed by atoms with Crippen LogP contribution < -0.4 is 4.74 Å². The second-order valence-corrected chi connectivity index (χ2v) is 5.05. The molecule has 5 heteroatoms. The molecule has 2 rings (SSSR count). The zero-order valence-electron chi connectivity index (χ0n) is 12.5. The molecule has 5 nitrogen and oxygen atoms in total. The van der Waals surface area contributed by atoms with Gasteiger partial charge in [-0.05, 0) is 37.1 Å². The molecular formula is C17H17NO4. The number of carboxylic acids is 1. The lowest BCUT2D eigenvalue weighted by Crippen LogP contribution is -2.05. The minimum Gasteiger partial charge on any atom is -0.493 e. The predicted molar refractivity (Wildman–Crippen MR) is 80.0 cm³/mol. The quantitative estimate of drug-likeness (QED) is 0.879. The van der Waals surface area contributed by atoms with Crippen molar-refractivity contribution < 1.29 is 19.1 Å². The lowest BCUT2D eigenvalue weighted by atomic mass is 10.1. The third-order valence-corrected chi connectivity index (χ3v) is 3.40. The number of aromatic carboxylic acids is 1. The average molecular weight is 299 g/mol. The normalized spacial score (nSPS) is 11.7. The minimum absolute atomic E-state index is 0.161. The summed E-state index contributed by atoms with van der Waals surface area (Å²) in [5.74, 6) is -0.659. The first-order chi connectivity index (χ1) is 10.5. The highest BCUT2D eigenvalue weighted by molar-refractivity contribution is 5.84. The maximum Gasteiger partial charge on any atom is 0.371 e. The number of carboxylic acid groups (broad SMARTS) is 1. The Hall–Kier alpha value is -2.74. The molecule has 0 radical (unpaired) electrons. The van der Waals surface area contributed by atoms with Crippen molar-refractivity contribution in [2.75, 3.05) is 6.61 Å². The van der Waals surface area contributed by atoms with E-state index in [1.54, 1.807) is 0 Å². The van der Waals surface area contributed by atoms with Gasteiger partial charge in [0, 0.05) is 6.42 Å².